The van der Waals surface area contributed by atoms with Gasteiger partial charge in [-0.3, -0.25) is 15.1 Å². The molecule has 4 rings (SSSR count). The summed E-state index contributed by atoms with van der Waals surface area (Å²) in [5.41, 5.74) is 3.42. The molecule has 0 saturated carbocycles. The van der Waals surface area contributed by atoms with Crippen molar-refractivity contribution in [3.8, 4) is 17.0 Å². The van der Waals surface area contributed by atoms with Gasteiger partial charge < -0.3 is 4.74 Å². The van der Waals surface area contributed by atoms with Gasteiger partial charge in [-0.25, -0.2) is 9.97 Å². The van der Waals surface area contributed by atoms with Gasteiger partial charge in [0.1, 0.15) is 11.4 Å². The van der Waals surface area contributed by atoms with Gasteiger partial charge in [0.05, 0.1) is 30.0 Å². The summed E-state index contributed by atoms with van der Waals surface area (Å²) in [5, 5.41) is 5.18. The van der Waals surface area contributed by atoms with Gasteiger partial charge in [-0.2, -0.15) is 0 Å². The fourth-order valence-electron chi connectivity index (χ4n) is 2.45. The normalized spacial score (nSPS) is 10.7. The second-order valence-corrected chi connectivity index (χ2v) is 6.32. The van der Waals surface area contributed by atoms with Crippen LogP contribution in [0.5, 0.6) is 5.75 Å². The highest BCUT2D eigenvalue weighted by Crippen LogP contribution is 2.26. The smallest absolute Gasteiger partial charge is 0.277 e. The highest BCUT2D eigenvalue weighted by Gasteiger charge is 2.12. The fourth-order valence-corrected chi connectivity index (χ4v) is 3.17. The highest BCUT2D eigenvalue weighted by molar-refractivity contribution is 7.14. The van der Waals surface area contributed by atoms with Crippen molar-refractivity contribution in [3.63, 3.8) is 0 Å². The molecule has 0 aliphatic heterocycles. The summed E-state index contributed by atoms with van der Waals surface area (Å²) in [6, 6.07) is 15.0. The van der Waals surface area contributed by atoms with Crippen LogP contribution in [0.15, 0.2) is 60.1 Å². The number of hydrogen-bond acceptors (Lipinski definition) is 6. The minimum absolute atomic E-state index is 0.255. The number of thiazole rings is 1. The van der Waals surface area contributed by atoms with Crippen molar-refractivity contribution in [2.24, 2.45) is 0 Å². The Morgan fingerprint density at radius 2 is 1.81 bits per heavy atom. The zero-order chi connectivity index (χ0) is 17.9. The molecule has 2 heterocycles. The summed E-state index contributed by atoms with van der Waals surface area (Å²) in [4.78, 5) is 25.5. The van der Waals surface area contributed by atoms with E-state index in [2.05, 4.69) is 20.3 Å². The zero-order valence-electron chi connectivity index (χ0n) is 13.8. The van der Waals surface area contributed by atoms with Crippen molar-refractivity contribution in [1.29, 1.82) is 0 Å². The summed E-state index contributed by atoms with van der Waals surface area (Å²) < 4.78 is 5.15. The third-order valence-corrected chi connectivity index (χ3v) is 4.55. The zero-order valence-corrected chi connectivity index (χ0v) is 14.7. The molecule has 7 heteroatoms. The number of fused-ring (bicyclic) bond motifs is 1. The second kappa shape index (κ2) is 6.89. The number of amides is 1. The fraction of sp³-hybridized carbons (Fsp3) is 0.0526. The quantitative estimate of drug-likeness (QED) is 0.593. The first-order chi connectivity index (χ1) is 12.7. The molecule has 128 valence electrons. The van der Waals surface area contributed by atoms with Gasteiger partial charge in [0.25, 0.3) is 5.91 Å². The lowest BCUT2D eigenvalue weighted by molar-refractivity contribution is 0.102. The monoisotopic (exact) mass is 362 g/mol. The largest absolute Gasteiger partial charge is 0.497 e. The van der Waals surface area contributed by atoms with Crippen LogP contribution in [0.3, 0.4) is 0 Å². The van der Waals surface area contributed by atoms with Crippen molar-refractivity contribution in [2.45, 2.75) is 0 Å². The Bertz CT molecular complexity index is 1080. The van der Waals surface area contributed by atoms with Crippen LogP contribution in [0.4, 0.5) is 5.13 Å². The molecule has 4 aromatic rings. The van der Waals surface area contributed by atoms with Gasteiger partial charge in [-0.05, 0) is 36.4 Å². The number of methoxy groups -OCH3 is 1. The average Bonchev–Trinajstić information content (AvgIpc) is 3.16. The van der Waals surface area contributed by atoms with E-state index in [1.807, 2.05) is 53.9 Å². The molecule has 1 N–H and O–H groups in total. The van der Waals surface area contributed by atoms with Crippen molar-refractivity contribution < 1.29 is 9.53 Å². The highest BCUT2D eigenvalue weighted by atomic mass is 32.1. The maximum absolute atomic E-state index is 12.4. The number of hydrogen-bond donors (Lipinski definition) is 1. The number of ether oxygens (including phenoxy) is 1. The van der Waals surface area contributed by atoms with E-state index in [1.165, 1.54) is 17.5 Å². The van der Waals surface area contributed by atoms with Gasteiger partial charge in [0, 0.05) is 10.9 Å². The number of benzene rings is 2. The maximum Gasteiger partial charge on any atom is 0.277 e. The van der Waals surface area contributed by atoms with E-state index in [4.69, 9.17) is 4.74 Å². The van der Waals surface area contributed by atoms with Crippen molar-refractivity contribution in [2.75, 3.05) is 12.4 Å². The molecule has 0 spiro atoms. The molecular weight excluding hydrogens is 348 g/mol. The molecule has 0 atom stereocenters. The number of anilines is 1. The lowest BCUT2D eigenvalue weighted by Crippen LogP contribution is -2.14. The molecule has 0 fully saturated rings. The van der Waals surface area contributed by atoms with Crippen LogP contribution >= 0.6 is 11.3 Å². The van der Waals surface area contributed by atoms with E-state index in [-0.39, 0.29) is 11.6 Å². The number of carbonyl (C=O) groups excluding carboxylic acids is 1. The van der Waals surface area contributed by atoms with Crippen LogP contribution in [0, 0.1) is 0 Å². The van der Waals surface area contributed by atoms with Crippen LogP contribution in [-0.2, 0) is 0 Å². The van der Waals surface area contributed by atoms with E-state index in [9.17, 15) is 4.79 Å². The van der Waals surface area contributed by atoms with Gasteiger partial charge in [-0.1, -0.05) is 12.1 Å². The summed E-state index contributed by atoms with van der Waals surface area (Å²) in [7, 11) is 1.63. The number of para-hydroxylation sites is 2. The standard InChI is InChI=1S/C19H14N4O2S/c1-25-13-8-6-12(7-9-13)17-11-26-19(22-17)23-18(24)16-10-20-14-4-2-3-5-15(14)21-16/h2-11H,1H3,(H,22,23,24). The SMILES string of the molecule is COc1ccc(-c2csc(NC(=O)c3cnc4ccccc4n3)n2)cc1. The first kappa shape index (κ1) is 16.2. The van der Waals surface area contributed by atoms with Gasteiger partial charge >= 0.3 is 0 Å². The van der Waals surface area contributed by atoms with Gasteiger partial charge in [0.2, 0.25) is 0 Å². The summed E-state index contributed by atoms with van der Waals surface area (Å²) in [5.74, 6) is 0.450. The van der Waals surface area contributed by atoms with Crippen LogP contribution in [-0.4, -0.2) is 28.0 Å². The summed E-state index contributed by atoms with van der Waals surface area (Å²) in [6.07, 6.45) is 1.47. The Kier molecular flexibility index (Phi) is 4.28. The Labute approximate surface area is 153 Å². The van der Waals surface area contributed by atoms with Crippen molar-refractivity contribution in [3.05, 3.63) is 65.8 Å². The van der Waals surface area contributed by atoms with E-state index in [1.54, 1.807) is 7.11 Å². The van der Waals surface area contributed by atoms with Crippen molar-refractivity contribution >= 4 is 33.4 Å². The number of carbonyl (C=O) groups is 1. The molecule has 1 amide bonds. The lowest BCUT2D eigenvalue weighted by Gasteiger charge is -2.02. The van der Waals surface area contributed by atoms with E-state index in [0.29, 0.717) is 10.6 Å². The minimum atomic E-state index is -0.334. The number of nitrogens with zero attached hydrogens (tertiary/aromatic N) is 3. The Morgan fingerprint density at radius 1 is 1.04 bits per heavy atom. The molecule has 26 heavy (non-hydrogen) atoms. The molecule has 2 aromatic heterocycles. The molecule has 6 nitrogen and oxygen atoms in total. The van der Waals surface area contributed by atoms with Gasteiger partial charge in [0.15, 0.2) is 5.13 Å². The van der Waals surface area contributed by atoms with Crippen LogP contribution < -0.4 is 10.1 Å². The minimum Gasteiger partial charge on any atom is -0.497 e. The first-order valence-electron chi connectivity index (χ1n) is 7.86. The average molecular weight is 362 g/mol. The maximum atomic E-state index is 12.4. The van der Waals surface area contributed by atoms with Crippen LogP contribution in [0.1, 0.15) is 10.5 Å². The Morgan fingerprint density at radius 3 is 2.58 bits per heavy atom. The molecule has 0 aliphatic carbocycles. The predicted octanol–water partition coefficient (Wildman–Crippen LogP) is 4.01. The number of nitrogens with one attached hydrogen (secondary N) is 1. The molecular formula is C19H14N4O2S. The molecule has 2 aromatic carbocycles. The van der Waals surface area contributed by atoms with Crippen LogP contribution in [0.25, 0.3) is 22.3 Å². The Hall–Kier alpha value is -3.32. The molecule has 0 unspecified atom stereocenters. The third-order valence-electron chi connectivity index (χ3n) is 3.79. The Balaban J connectivity index is 1.53. The third kappa shape index (κ3) is 3.25. The predicted molar refractivity (Wildman–Crippen MR) is 102 cm³/mol. The van der Waals surface area contributed by atoms with Crippen molar-refractivity contribution in [1.82, 2.24) is 15.0 Å². The first-order valence-corrected chi connectivity index (χ1v) is 8.74. The molecule has 0 aliphatic rings. The molecule has 0 saturated heterocycles. The van der Waals surface area contributed by atoms with Gasteiger partial charge in [-0.15, -0.1) is 11.3 Å². The lowest BCUT2D eigenvalue weighted by atomic mass is 10.2. The number of aromatic nitrogens is 3. The van der Waals surface area contributed by atoms with Crippen LogP contribution in [0.2, 0.25) is 0 Å². The molecule has 0 radical (unpaired) electrons. The van der Waals surface area contributed by atoms with E-state index >= 15 is 0 Å². The topological polar surface area (TPSA) is 77.0 Å². The second-order valence-electron chi connectivity index (χ2n) is 5.46. The summed E-state index contributed by atoms with van der Waals surface area (Å²) >= 11 is 1.36. The van der Waals surface area contributed by atoms with E-state index in [0.717, 1.165) is 22.5 Å². The molecule has 0 bridgehead atoms. The van der Waals surface area contributed by atoms with E-state index < -0.39 is 0 Å². The summed E-state index contributed by atoms with van der Waals surface area (Å²) in [6.45, 7) is 0. The number of rotatable bonds is 4.